The predicted molar refractivity (Wildman–Crippen MR) is 101 cm³/mol. The Bertz CT molecular complexity index is 923. The number of hydrogen-bond acceptors (Lipinski definition) is 3. The van der Waals surface area contributed by atoms with Crippen LogP contribution in [0.3, 0.4) is 0 Å². The van der Waals surface area contributed by atoms with Crippen LogP contribution >= 0.6 is 0 Å². The molecule has 144 valence electrons. The highest BCUT2D eigenvalue weighted by Gasteiger charge is 2.49. The fourth-order valence-electron chi connectivity index (χ4n) is 4.72. The van der Waals surface area contributed by atoms with Crippen molar-refractivity contribution in [2.75, 3.05) is 13.1 Å². The van der Waals surface area contributed by atoms with Gasteiger partial charge in [-0.15, -0.1) is 0 Å². The van der Waals surface area contributed by atoms with E-state index < -0.39 is 17.6 Å². The lowest BCUT2D eigenvalue weighted by molar-refractivity contribution is -0.158. The summed E-state index contributed by atoms with van der Waals surface area (Å²) in [4.78, 5) is 32.7. The number of carbonyl (C=O) groups is 2. The minimum absolute atomic E-state index is 0.202. The molecule has 28 heavy (non-hydrogen) atoms. The zero-order valence-corrected chi connectivity index (χ0v) is 15.6. The predicted octanol–water partition coefficient (Wildman–Crippen LogP) is 2.86. The summed E-state index contributed by atoms with van der Waals surface area (Å²) in [5.41, 5.74) is 1.59. The second-order valence-electron chi connectivity index (χ2n) is 8.15. The lowest BCUT2D eigenvalue weighted by atomic mass is 10.1. The van der Waals surface area contributed by atoms with Crippen molar-refractivity contribution in [1.82, 2.24) is 14.8 Å². The maximum atomic E-state index is 14.5. The molecule has 0 N–H and O–H groups in total. The van der Waals surface area contributed by atoms with Gasteiger partial charge in [-0.2, -0.15) is 0 Å². The summed E-state index contributed by atoms with van der Waals surface area (Å²) in [6.07, 6.45) is 4.95. The first-order valence-electron chi connectivity index (χ1n) is 9.90. The van der Waals surface area contributed by atoms with Gasteiger partial charge in [0.1, 0.15) is 11.5 Å². The van der Waals surface area contributed by atoms with Gasteiger partial charge >= 0.3 is 11.8 Å². The normalized spacial score (nSPS) is 26.5. The lowest BCUT2D eigenvalue weighted by Gasteiger charge is -2.37. The smallest absolute Gasteiger partial charge is 0.312 e. The van der Waals surface area contributed by atoms with E-state index in [4.69, 9.17) is 0 Å². The molecular weight excluding hydrogens is 357 g/mol. The van der Waals surface area contributed by atoms with Gasteiger partial charge in [-0.1, -0.05) is 30.3 Å². The molecule has 2 atom stereocenters. The van der Waals surface area contributed by atoms with E-state index in [-0.39, 0.29) is 18.3 Å². The molecule has 3 fully saturated rings. The highest BCUT2D eigenvalue weighted by molar-refractivity contribution is 6.35. The standard InChI is InChI=1S/C22H22FN3O2/c23-19-8-14(12-24-20(19)15-4-2-1-3-5-15)13-25-6-7-26(22(28)21(25)27)18-10-16-9-17(16)11-18/h1-5,8,12,16-18H,6-7,9-11,13H2. The van der Waals surface area contributed by atoms with Crippen molar-refractivity contribution >= 4 is 11.8 Å². The molecule has 2 aliphatic carbocycles. The van der Waals surface area contributed by atoms with Crippen LogP contribution < -0.4 is 0 Å². The molecule has 0 spiro atoms. The van der Waals surface area contributed by atoms with Crippen LogP contribution in [0.15, 0.2) is 42.6 Å². The molecule has 6 heteroatoms. The third kappa shape index (κ3) is 3.07. The summed E-state index contributed by atoms with van der Waals surface area (Å²) in [6, 6.07) is 10.8. The van der Waals surface area contributed by atoms with Crippen LogP contribution in [0, 0.1) is 17.7 Å². The highest BCUT2D eigenvalue weighted by Crippen LogP contribution is 2.53. The van der Waals surface area contributed by atoms with Gasteiger partial charge in [0.2, 0.25) is 0 Å². The third-order valence-corrected chi connectivity index (χ3v) is 6.32. The summed E-state index contributed by atoms with van der Waals surface area (Å²) < 4.78 is 14.5. The number of pyridine rings is 1. The number of rotatable bonds is 4. The van der Waals surface area contributed by atoms with Gasteiger partial charge in [-0.25, -0.2) is 4.39 Å². The first-order chi connectivity index (χ1) is 13.6. The van der Waals surface area contributed by atoms with E-state index in [2.05, 4.69) is 4.98 Å². The van der Waals surface area contributed by atoms with Crippen molar-refractivity contribution in [3.63, 3.8) is 0 Å². The molecule has 5 nitrogen and oxygen atoms in total. The van der Waals surface area contributed by atoms with Gasteiger partial charge < -0.3 is 9.80 Å². The Kier molecular flexibility index (Phi) is 4.14. The Morgan fingerprint density at radius 3 is 2.46 bits per heavy atom. The molecule has 1 aromatic carbocycles. The highest BCUT2D eigenvalue weighted by atomic mass is 19.1. The summed E-state index contributed by atoms with van der Waals surface area (Å²) in [7, 11) is 0. The maximum absolute atomic E-state index is 14.5. The molecule has 1 saturated heterocycles. The van der Waals surface area contributed by atoms with Crippen LogP contribution in [-0.4, -0.2) is 45.7 Å². The van der Waals surface area contributed by atoms with E-state index in [0.717, 1.165) is 24.7 Å². The molecule has 2 heterocycles. The molecule has 0 bridgehead atoms. The number of halogens is 1. The molecule has 2 unspecified atom stereocenters. The molecular formula is C22H22FN3O2. The monoisotopic (exact) mass is 379 g/mol. The number of hydrogen-bond donors (Lipinski definition) is 0. The maximum Gasteiger partial charge on any atom is 0.312 e. The topological polar surface area (TPSA) is 53.5 Å². The number of benzene rings is 1. The van der Waals surface area contributed by atoms with Gasteiger partial charge in [0.25, 0.3) is 0 Å². The second-order valence-corrected chi connectivity index (χ2v) is 8.15. The Morgan fingerprint density at radius 1 is 1.00 bits per heavy atom. The van der Waals surface area contributed by atoms with Crippen LogP contribution in [0.5, 0.6) is 0 Å². The average molecular weight is 379 g/mol. The fraction of sp³-hybridized carbons (Fsp3) is 0.409. The van der Waals surface area contributed by atoms with E-state index in [0.29, 0.717) is 24.2 Å². The molecule has 5 rings (SSSR count). The third-order valence-electron chi connectivity index (χ3n) is 6.32. The largest absolute Gasteiger partial charge is 0.330 e. The number of amides is 2. The molecule has 1 aromatic heterocycles. The molecule has 2 saturated carbocycles. The van der Waals surface area contributed by atoms with Crippen molar-refractivity contribution in [1.29, 1.82) is 0 Å². The summed E-state index contributed by atoms with van der Waals surface area (Å²) in [5, 5.41) is 0. The molecule has 3 aliphatic rings. The number of carbonyl (C=O) groups excluding carboxylic acids is 2. The summed E-state index contributed by atoms with van der Waals surface area (Å²) in [6.45, 7) is 1.25. The van der Waals surface area contributed by atoms with E-state index in [1.165, 1.54) is 17.4 Å². The lowest BCUT2D eigenvalue weighted by Crippen LogP contribution is -2.56. The van der Waals surface area contributed by atoms with E-state index >= 15 is 0 Å². The van der Waals surface area contributed by atoms with Crippen LogP contribution in [0.1, 0.15) is 24.8 Å². The zero-order valence-electron chi connectivity index (χ0n) is 15.6. The van der Waals surface area contributed by atoms with Gasteiger partial charge in [0.05, 0.1) is 0 Å². The number of fused-ring (bicyclic) bond motifs is 1. The van der Waals surface area contributed by atoms with Crippen molar-refractivity contribution < 1.29 is 14.0 Å². The summed E-state index contributed by atoms with van der Waals surface area (Å²) >= 11 is 0. The van der Waals surface area contributed by atoms with Crippen LogP contribution in [0.2, 0.25) is 0 Å². The molecule has 0 radical (unpaired) electrons. The first kappa shape index (κ1) is 17.3. The van der Waals surface area contributed by atoms with Gasteiger partial charge in [0, 0.05) is 37.4 Å². The fourth-order valence-corrected chi connectivity index (χ4v) is 4.72. The zero-order chi connectivity index (χ0) is 19.3. The molecule has 1 aliphatic heterocycles. The van der Waals surface area contributed by atoms with E-state index in [1.54, 1.807) is 23.2 Å². The van der Waals surface area contributed by atoms with Crippen LogP contribution in [0.4, 0.5) is 4.39 Å². The number of nitrogens with zero attached hydrogens (tertiary/aromatic N) is 3. The molecule has 2 aromatic rings. The average Bonchev–Trinajstić information content (AvgIpc) is 3.32. The number of piperazine rings is 1. The van der Waals surface area contributed by atoms with Crippen LogP contribution in [-0.2, 0) is 16.1 Å². The SMILES string of the molecule is O=C1C(=O)N(C2CC3CC3C2)CCN1Cc1cnc(-c2ccccc2)c(F)c1. The minimum atomic E-state index is -0.487. The van der Waals surface area contributed by atoms with Gasteiger partial charge in [-0.3, -0.25) is 14.6 Å². The second kappa shape index (κ2) is 6.69. The Labute approximate surface area is 163 Å². The van der Waals surface area contributed by atoms with Crippen LogP contribution in [0.25, 0.3) is 11.3 Å². The van der Waals surface area contributed by atoms with E-state index in [9.17, 15) is 14.0 Å². The van der Waals surface area contributed by atoms with Gasteiger partial charge in [0.15, 0.2) is 0 Å². The quantitative estimate of drug-likeness (QED) is 0.768. The Morgan fingerprint density at radius 2 is 1.75 bits per heavy atom. The van der Waals surface area contributed by atoms with Crippen molar-refractivity contribution in [3.05, 3.63) is 54.0 Å². The minimum Gasteiger partial charge on any atom is -0.330 e. The van der Waals surface area contributed by atoms with Crippen molar-refractivity contribution in [2.24, 2.45) is 11.8 Å². The Hall–Kier alpha value is -2.76. The van der Waals surface area contributed by atoms with Crippen molar-refractivity contribution in [3.8, 4) is 11.3 Å². The summed E-state index contributed by atoms with van der Waals surface area (Å²) in [5.74, 6) is 0.212. The number of aromatic nitrogens is 1. The molecule has 2 amide bonds. The Balaban J connectivity index is 1.27. The van der Waals surface area contributed by atoms with E-state index in [1.807, 2.05) is 18.2 Å². The van der Waals surface area contributed by atoms with Crippen molar-refractivity contribution in [2.45, 2.75) is 31.8 Å². The van der Waals surface area contributed by atoms with Gasteiger partial charge in [-0.05, 0) is 42.7 Å². The first-order valence-corrected chi connectivity index (χ1v) is 9.90.